The van der Waals surface area contributed by atoms with E-state index in [1.165, 1.54) is 20.3 Å². The summed E-state index contributed by atoms with van der Waals surface area (Å²) in [5.74, 6) is 6.88. The Morgan fingerprint density at radius 2 is 2.12 bits per heavy atom. The highest BCUT2D eigenvalue weighted by Crippen LogP contribution is 2.18. The van der Waals surface area contributed by atoms with E-state index in [9.17, 15) is 4.79 Å². The van der Waals surface area contributed by atoms with Crippen molar-refractivity contribution in [3.63, 3.8) is 0 Å². The highest BCUT2D eigenvalue weighted by molar-refractivity contribution is 7.71. The van der Waals surface area contributed by atoms with Crippen molar-refractivity contribution >= 4 is 23.1 Å². The third-order valence-corrected chi connectivity index (χ3v) is 4.74. The lowest BCUT2D eigenvalue weighted by atomic mass is 10.1. The van der Waals surface area contributed by atoms with Crippen molar-refractivity contribution in [1.82, 2.24) is 34.2 Å². The minimum Gasteiger partial charge on any atom is -0.361 e. The maximum absolute atomic E-state index is 12.7. The van der Waals surface area contributed by atoms with Crippen LogP contribution in [0.4, 0.5) is 0 Å². The second-order valence-electron chi connectivity index (χ2n) is 6.06. The first-order chi connectivity index (χ1) is 12.5. The van der Waals surface area contributed by atoms with Crippen LogP contribution in [-0.4, -0.2) is 34.2 Å². The number of hydrogen-bond acceptors (Lipinski definition) is 5. The smallest absolute Gasteiger partial charge is 0.346 e. The first-order valence-electron chi connectivity index (χ1n) is 8.15. The number of aryl methyl sites for hydroxylation is 2. The lowest BCUT2D eigenvalue weighted by molar-refractivity contribution is 0.591. The molecule has 0 unspecified atom stereocenters. The van der Waals surface area contributed by atoms with Gasteiger partial charge < -0.3 is 10.8 Å². The predicted molar refractivity (Wildman–Crippen MR) is 99.9 cm³/mol. The van der Waals surface area contributed by atoms with Crippen LogP contribution in [0.5, 0.6) is 0 Å². The zero-order chi connectivity index (χ0) is 18.3. The van der Waals surface area contributed by atoms with E-state index in [0.29, 0.717) is 23.0 Å². The molecule has 0 aliphatic heterocycles. The number of rotatable bonds is 5. The quantitative estimate of drug-likeness (QED) is 0.359. The van der Waals surface area contributed by atoms with E-state index in [2.05, 4.69) is 26.3 Å². The number of aromatic nitrogens is 7. The summed E-state index contributed by atoms with van der Waals surface area (Å²) in [6.45, 7) is 2.51. The number of nitrogens with zero attached hydrogens (tertiary/aromatic N) is 5. The van der Waals surface area contributed by atoms with Crippen molar-refractivity contribution < 1.29 is 0 Å². The second kappa shape index (κ2) is 6.30. The van der Waals surface area contributed by atoms with Crippen LogP contribution in [-0.2, 0) is 19.5 Å². The molecular formula is C16H18N8OS. The van der Waals surface area contributed by atoms with Gasteiger partial charge in [0.1, 0.15) is 12.4 Å². The summed E-state index contributed by atoms with van der Waals surface area (Å²) >= 11 is 4.98. The Bertz CT molecular complexity index is 1190. The Morgan fingerprint density at radius 1 is 1.31 bits per heavy atom. The van der Waals surface area contributed by atoms with Crippen LogP contribution in [0.3, 0.4) is 0 Å². The lowest BCUT2D eigenvalue weighted by Gasteiger charge is -2.02. The SMILES string of the molecule is Cc1nn(Cc2n[nH]c(=S)n2N)c(=O)n1CCc1c[nH]c2ccccc12. The molecule has 0 atom stereocenters. The van der Waals surface area contributed by atoms with Crippen LogP contribution in [0.15, 0.2) is 35.3 Å². The fourth-order valence-electron chi connectivity index (χ4n) is 3.06. The molecule has 0 aliphatic carbocycles. The van der Waals surface area contributed by atoms with Gasteiger partial charge in [-0.3, -0.25) is 9.67 Å². The third-order valence-electron chi connectivity index (χ3n) is 4.46. The lowest BCUT2D eigenvalue weighted by Crippen LogP contribution is -2.28. The fraction of sp³-hybridized carbons (Fsp3) is 0.250. The summed E-state index contributed by atoms with van der Waals surface area (Å²) in [6.07, 6.45) is 2.72. The molecular weight excluding hydrogens is 352 g/mol. The summed E-state index contributed by atoms with van der Waals surface area (Å²) in [6, 6.07) is 8.11. The molecule has 9 nitrogen and oxygen atoms in total. The van der Waals surface area contributed by atoms with Gasteiger partial charge in [0.2, 0.25) is 4.77 Å². The molecule has 26 heavy (non-hydrogen) atoms. The van der Waals surface area contributed by atoms with Gasteiger partial charge in [-0.1, -0.05) is 18.2 Å². The number of para-hydroxylation sites is 1. The molecule has 0 aliphatic rings. The van der Waals surface area contributed by atoms with E-state index in [4.69, 9.17) is 18.1 Å². The highest BCUT2D eigenvalue weighted by Gasteiger charge is 2.14. The van der Waals surface area contributed by atoms with Gasteiger partial charge in [0.05, 0.1) is 0 Å². The normalized spacial score (nSPS) is 11.4. The molecule has 4 N–H and O–H groups in total. The van der Waals surface area contributed by atoms with Crippen molar-refractivity contribution in [2.45, 2.75) is 26.4 Å². The van der Waals surface area contributed by atoms with Gasteiger partial charge in [0, 0.05) is 23.6 Å². The van der Waals surface area contributed by atoms with Crippen LogP contribution in [0.1, 0.15) is 17.2 Å². The van der Waals surface area contributed by atoms with E-state index in [0.717, 1.165) is 11.9 Å². The fourth-order valence-corrected chi connectivity index (χ4v) is 3.21. The van der Waals surface area contributed by atoms with Crippen LogP contribution in [0, 0.1) is 11.7 Å². The number of H-pyrrole nitrogens is 2. The molecule has 3 aromatic heterocycles. The topological polar surface area (TPSA) is 115 Å². The van der Waals surface area contributed by atoms with E-state index < -0.39 is 0 Å². The first kappa shape index (κ1) is 16.3. The van der Waals surface area contributed by atoms with Gasteiger partial charge in [0.15, 0.2) is 5.82 Å². The van der Waals surface area contributed by atoms with E-state index >= 15 is 0 Å². The number of nitrogens with two attached hydrogens (primary N) is 1. The molecule has 0 amide bonds. The number of nitrogens with one attached hydrogen (secondary N) is 2. The molecule has 1 aromatic carbocycles. The van der Waals surface area contributed by atoms with Crippen LogP contribution in [0.25, 0.3) is 10.9 Å². The van der Waals surface area contributed by atoms with E-state index in [1.807, 2.05) is 31.3 Å². The molecule has 0 bridgehead atoms. The summed E-state index contributed by atoms with van der Waals surface area (Å²) in [5, 5.41) is 12.1. The largest absolute Gasteiger partial charge is 0.361 e. The Labute approximate surface area is 153 Å². The molecule has 0 radical (unpaired) electrons. The molecule has 4 rings (SSSR count). The van der Waals surface area contributed by atoms with Crippen molar-refractivity contribution in [1.29, 1.82) is 0 Å². The zero-order valence-corrected chi connectivity index (χ0v) is 15.0. The molecule has 0 saturated heterocycles. The van der Waals surface area contributed by atoms with Gasteiger partial charge in [-0.15, -0.1) is 0 Å². The molecule has 0 saturated carbocycles. The Kier molecular flexibility index (Phi) is 3.96. The predicted octanol–water partition coefficient (Wildman–Crippen LogP) is 1.09. The van der Waals surface area contributed by atoms with Crippen molar-refractivity contribution in [3.05, 3.63) is 62.9 Å². The molecule has 134 valence electrons. The first-order valence-corrected chi connectivity index (χ1v) is 8.56. The Balaban J connectivity index is 1.58. The number of aromatic amines is 2. The molecule has 0 fully saturated rings. The zero-order valence-electron chi connectivity index (χ0n) is 14.1. The minimum absolute atomic E-state index is 0.156. The summed E-state index contributed by atoms with van der Waals surface area (Å²) in [4.78, 5) is 15.9. The molecule has 3 heterocycles. The van der Waals surface area contributed by atoms with Crippen molar-refractivity contribution in [2.24, 2.45) is 0 Å². The van der Waals surface area contributed by atoms with Crippen LogP contribution < -0.4 is 11.5 Å². The van der Waals surface area contributed by atoms with Crippen molar-refractivity contribution in [2.75, 3.05) is 5.84 Å². The summed E-state index contributed by atoms with van der Waals surface area (Å²) in [7, 11) is 0. The standard InChI is InChI=1S/C16H18N8OS/c1-10-21-23(9-14-19-20-15(26)24(14)17)16(25)22(10)7-6-11-8-18-13-5-3-2-4-12(11)13/h2-5,8,18H,6-7,9,17H2,1H3,(H,20,26). The average Bonchev–Trinajstić information content (AvgIpc) is 3.27. The Morgan fingerprint density at radius 3 is 2.88 bits per heavy atom. The van der Waals surface area contributed by atoms with E-state index in [1.54, 1.807) is 4.57 Å². The van der Waals surface area contributed by atoms with E-state index in [-0.39, 0.29) is 12.2 Å². The molecule has 4 aromatic rings. The van der Waals surface area contributed by atoms with Gasteiger partial charge in [-0.2, -0.15) is 10.2 Å². The van der Waals surface area contributed by atoms with Crippen LogP contribution >= 0.6 is 12.2 Å². The van der Waals surface area contributed by atoms with Crippen molar-refractivity contribution in [3.8, 4) is 0 Å². The average molecular weight is 370 g/mol. The number of nitrogen functional groups attached to an aromatic ring is 1. The number of fused-ring (bicyclic) bond motifs is 1. The maximum Gasteiger partial charge on any atom is 0.346 e. The van der Waals surface area contributed by atoms with Gasteiger partial charge in [-0.05, 0) is 37.2 Å². The Hall–Kier alpha value is -3.14. The summed E-state index contributed by atoms with van der Waals surface area (Å²) in [5.41, 5.74) is 2.06. The van der Waals surface area contributed by atoms with Crippen LogP contribution in [0.2, 0.25) is 0 Å². The minimum atomic E-state index is -0.198. The molecule has 0 spiro atoms. The van der Waals surface area contributed by atoms with Gasteiger partial charge in [-0.25, -0.2) is 14.2 Å². The number of benzene rings is 1. The summed E-state index contributed by atoms with van der Waals surface area (Å²) < 4.78 is 4.54. The monoisotopic (exact) mass is 370 g/mol. The number of hydrogen-bond donors (Lipinski definition) is 3. The molecule has 10 heteroatoms. The third kappa shape index (κ3) is 2.73. The second-order valence-corrected chi connectivity index (χ2v) is 6.45. The van der Waals surface area contributed by atoms with Gasteiger partial charge >= 0.3 is 5.69 Å². The highest BCUT2D eigenvalue weighted by atomic mass is 32.1. The van der Waals surface area contributed by atoms with Gasteiger partial charge in [0.25, 0.3) is 0 Å². The maximum atomic E-state index is 12.7.